The molecule has 0 heterocycles. The molecule has 1 unspecified atom stereocenters. The van der Waals surface area contributed by atoms with Crippen molar-refractivity contribution >= 4 is 95.5 Å². The Morgan fingerprint density at radius 2 is 1.64 bits per heavy atom. The number of halogens is 8. The number of benzene rings is 1. The zero-order chi connectivity index (χ0) is 22.2. The van der Waals surface area contributed by atoms with Crippen LogP contribution in [0.4, 0.5) is 27.6 Å². The largest absolute Gasteiger partial charge is 0.441 e. The summed E-state index contributed by atoms with van der Waals surface area (Å²) in [4.78, 5) is 23.5. The van der Waals surface area contributed by atoms with Crippen molar-refractivity contribution in [3.05, 3.63) is 22.3 Å². The summed E-state index contributed by atoms with van der Waals surface area (Å²) >= 11 is 4.76. The third-order valence-electron chi connectivity index (χ3n) is 2.85. The molecule has 1 rings (SSSR count). The molecule has 0 aliphatic heterocycles. The first kappa shape index (κ1) is 25.9. The lowest BCUT2D eigenvalue weighted by molar-refractivity contribution is -0.248. The molecule has 28 heavy (non-hydrogen) atoms. The fourth-order valence-corrected chi connectivity index (χ4v) is 6.23. The predicted molar refractivity (Wildman–Crippen MR) is 111 cm³/mol. The number of rotatable bonds is 5. The van der Waals surface area contributed by atoms with Gasteiger partial charge in [0.2, 0.25) is 5.91 Å². The third kappa shape index (κ3) is 5.74. The summed E-state index contributed by atoms with van der Waals surface area (Å²) in [5.74, 6) is -2.51. The summed E-state index contributed by atoms with van der Waals surface area (Å²) in [6.07, 6.45) is -10.5. The number of esters is 1. The highest BCUT2D eigenvalue weighted by Gasteiger charge is 2.66. The number of hydrogen-bond acceptors (Lipinski definition) is 5. The zero-order valence-electron chi connectivity index (χ0n) is 13.1. The first-order valence-electron chi connectivity index (χ1n) is 6.48. The number of amides is 1. The number of alkyl halides is 5. The van der Waals surface area contributed by atoms with Crippen LogP contribution in [-0.4, -0.2) is 42.4 Å². The number of ether oxygens (including phenoxy) is 1. The van der Waals surface area contributed by atoms with Crippen LogP contribution in [0.1, 0.15) is 17.3 Å². The molecular weight excluding hydrogens is 762 g/mol. The zero-order valence-corrected chi connectivity index (χ0v) is 20.4. The maximum atomic E-state index is 13.6. The molecular formula is C12H7F5I3NO6S. The molecule has 0 saturated carbocycles. The van der Waals surface area contributed by atoms with E-state index in [1.807, 2.05) is 0 Å². The molecule has 0 aliphatic carbocycles. The molecule has 0 saturated heterocycles. The fourth-order valence-electron chi connectivity index (χ4n) is 1.70. The second kappa shape index (κ2) is 8.96. The molecule has 7 nitrogen and oxygen atoms in total. The molecule has 1 amide bonds. The van der Waals surface area contributed by atoms with E-state index in [0.29, 0.717) is 3.57 Å². The van der Waals surface area contributed by atoms with Gasteiger partial charge in [-0.2, -0.15) is 30.4 Å². The van der Waals surface area contributed by atoms with Crippen molar-refractivity contribution in [2.75, 3.05) is 5.32 Å². The minimum atomic E-state index is -6.56. The van der Waals surface area contributed by atoms with Gasteiger partial charge in [-0.05, 0) is 73.8 Å². The van der Waals surface area contributed by atoms with Crippen molar-refractivity contribution in [2.45, 2.75) is 24.5 Å². The van der Waals surface area contributed by atoms with Crippen molar-refractivity contribution in [1.82, 2.24) is 0 Å². The number of anilines is 1. The van der Waals surface area contributed by atoms with E-state index in [1.165, 1.54) is 51.2 Å². The highest BCUT2D eigenvalue weighted by Crippen LogP contribution is 2.39. The number of hydrogen-bond donors (Lipinski definition) is 2. The van der Waals surface area contributed by atoms with Gasteiger partial charge in [0.15, 0.2) is 0 Å². The molecule has 0 radical (unpaired) electrons. The Balaban J connectivity index is 3.51. The molecule has 0 aliphatic rings. The normalized spacial score (nSPS) is 13.8. The maximum Gasteiger partial charge on any atom is 0.432 e. The SMILES string of the molecule is CC(=O)Nc1c(I)cc(I)c(C(=O)OC(C(F)(F)F)C(F)(F)S(=O)(=O)O)c1I. The van der Waals surface area contributed by atoms with E-state index >= 15 is 0 Å². The maximum absolute atomic E-state index is 13.6. The summed E-state index contributed by atoms with van der Waals surface area (Å²) in [7, 11) is -6.56. The number of nitrogens with one attached hydrogen (secondary N) is 1. The van der Waals surface area contributed by atoms with E-state index in [-0.39, 0.29) is 12.8 Å². The van der Waals surface area contributed by atoms with E-state index in [0.717, 1.165) is 6.92 Å². The van der Waals surface area contributed by atoms with Crippen LogP contribution >= 0.6 is 67.8 Å². The van der Waals surface area contributed by atoms with Gasteiger partial charge in [-0.1, -0.05) is 0 Å². The van der Waals surface area contributed by atoms with Crippen LogP contribution in [-0.2, 0) is 19.6 Å². The summed E-state index contributed by atoms with van der Waals surface area (Å²) in [6.45, 7) is 1.12. The van der Waals surface area contributed by atoms with Gasteiger partial charge in [-0.25, -0.2) is 4.79 Å². The van der Waals surface area contributed by atoms with Crippen LogP contribution in [0.2, 0.25) is 0 Å². The standard InChI is InChI=1S/C12H7F5I3NO6S/c1-3(22)21-8-5(19)2-4(18)6(7(8)20)9(23)27-10(11(13,14)15)12(16,17)28(24,25)26/h2,10H,1H3,(H,21,22)(H,24,25,26). The van der Waals surface area contributed by atoms with Crippen LogP contribution in [0, 0.1) is 10.7 Å². The Hall–Kier alpha value is -0.0900. The molecule has 16 heteroatoms. The van der Waals surface area contributed by atoms with Gasteiger partial charge < -0.3 is 10.1 Å². The monoisotopic (exact) mass is 769 g/mol. The highest BCUT2D eigenvalue weighted by molar-refractivity contribution is 14.1. The Morgan fingerprint density at radius 3 is 2.04 bits per heavy atom. The molecule has 2 N–H and O–H groups in total. The van der Waals surface area contributed by atoms with Crippen molar-refractivity contribution in [3.63, 3.8) is 0 Å². The van der Waals surface area contributed by atoms with Crippen molar-refractivity contribution in [2.24, 2.45) is 0 Å². The van der Waals surface area contributed by atoms with Crippen molar-refractivity contribution in [1.29, 1.82) is 0 Å². The highest BCUT2D eigenvalue weighted by atomic mass is 127. The molecule has 0 fully saturated rings. The average molecular weight is 769 g/mol. The van der Waals surface area contributed by atoms with Crippen LogP contribution in [0.5, 0.6) is 0 Å². The fraction of sp³-hybridized carbons (Fsp3) is 0.333. The quantitative estimate of drug-likeness (QED) is 0.203. The van der Waals surface area contributed by atoms with E-state index < -0.39 is 45.1 Å². The van der Waals surface area contributed by atoms with Gasteiger partial charge in [0.05, 0.1) is 14.8 Å². The topological polar surface area (TPSA) is 110 Å². The molecule has 158 valence electrons. The van der Waals surface area contributed by atoms with Gasteiger partial charge in [-0.15, -0.1) is 0 Å². The molecule has 1 atom stereocenters. The molecule has 0 spiro atoms. The molecule has 1 aromatic rings. The number of carbonyl (C=O) groups excluding carboxylic acids is 2. The van der Waals surface area contributed by atoms with Crippen molar-refractivity contribution < 1.29 is 49.2 Å². The number of carbonyl (C=O) groups is 2. The first-order chi connectivity index (χ1) is 12.4. The van der Waals surface area contributed by atoms with E-state index in [1.54, 1.807) is 22.6 Å². The van der Waals surface area contributed by atoms with E-state index in [4.69, 9.17) is 4.55 Å². The molecule has 1 aromatic carbocycles. The first-order valence-corrected chi connectivity index (χ1v) is 11.2. The van der Waals surface area contributed by atoms with E-state index in [9.17, 15) is 40.0 Å². The smallest absolute Gasteiger partial charge is 0.432 e. The van der Waals surface area contributed by atoms with Crippen LogP contribution in [0.3, 0.4) is 0 Å². The Labute approximate surface area is 195 Å². The van der Waals surface area contributed by atoms with Crippen LogP contribution in [0.15, 0.2) is 6.07 Å². The minimum Gasteiger partial charge on any atom is -0.441 e. The van der Waals surface area contributed by atoms with Crippen molar-refractivity contribution in [3.8, 4) is 0 Å². The van der Waals surface area contributed by atoms with Gasteiger partial charge in [0, 0.05) is 14.1 Å². The summed E-state index contributed by atoms with van der Waals surface area (Å²) in [6, 6.07) is 1.26. The third-order valence-corrected chi connectivity index (χ3v) is 6.53. The van der Waals surface area contributed by atoms with Crippen LogP contribution in [0.25, 0.3) is 0 Å². The molecule has 0 aromatic heterocycles. The van der Waals surface area contributed by atoms with Gasteiger partial charge in [0.1, 0.15) is 0 Å². The van der Waals surface area contributed by atoms with Gasteiger partial charge in [0.25, 0.3) is 6.10 Å². The second-order valence-corrected chi connectivity index (χ2v) is 9.85. The van der Waals surface area contributed by atoms with Gasteiger partial charge in [-0.3, -0.25) is 9.35 Å². The predicted octanol–water partition coefficient (Wildman–Crippen LogP) is 4.03. The lowest BCUT2D eigenvalue weighted by Crippen LogP contribution is -2.52. The lowest BCUT2D eigenvalue weighted by atomic mass is 10.2. The second-order valence-electron chi connectivity index (χ2n) is 4.95. The van der Waals surface area contributed by atoms with E-state index in [2.05, 4.69) is 10.1 Å². The summed E-state index contributed by atoms with van der Waals surface area (Å²) in [5, 5.41) is -3.52. The van der Waals surface area contributed by atoms with Crippen LogP contribution < -0.4 is 5.32 Å². The molecule has 0 bridgehead atoms. The Bertz CT molecular complexity index is 921. The van der Waals surface area contributed by atoms with Gasteiger partial charge >= 0.3 is 27.5 Å². The average Bonchev–Trinajstić information content (AvgIpc) is 2.46. The summed E-state index contributed by atoms with van der Waals surface area (Å²) < 4.78 is 99.8. The lowest BCUT2D eigenvalue weighted by Gasteiger charge is -2.26. The Kier molecular flexibility index (Phi) is 8.30. The minimum absolute atomic E-state index is 0.0124. The Morgan fingerprint density at radius 1 is 1.14 bits per heavy atom. The summed E-state index contributed by atoms with van der Waals surface area (Å²) in [5.41, 5.74) is -0.586.